The third-order valence-corrected chi connectivity index (χ3v) is 5.75. The molecule has 4 aromatic carbocycles. The molecular weight excluding hydrogens is 372 g/mol. The predicted octanol–water partition coefficient (Wildman–Crippen LogP) is 5.21. The molecule has 0 radical (unpaired) electrons. The molecule has 0 spiro atoms. The second kappa shape index (κ2) is 6.99. The van der Waals surface area contributed by atoms with Crippen LogP contribution in [-0.4, -0.2) is 38.1 Å². The molecule has 4 nitrogen and oxygen atoms in total. The SMILES string of the molecule is c1ccc2c(C3=NCCO3)c(-c3ccc4ccccc4c3C3=NCCO3)ccc2c1. The highest BCUT2D eigenvalue weighted by Gasteiger charge is 2.24. The van der Waals surface area contributed by atoms with Crippen LogP contribution < -0.4 is 0 Å². The molecule has 0 aliphatic carbocycles. The predicted molar refractivity (Wildman–Crippen MR) is 122 cm³/mol. The van der Waals surface area contributed by atoms with Crippen LogP contribution in [0.2, 0.25) is 0 Å². The lowest BCUT2D eigenvalue weighted by molar-refractivity contribution is 0.348. The van der Waals surface area contributed by atoms with Crippen molar-refractivity contribution in [1.82, 2.24) is 0 Å². The monoisotopic (exact) mass is 392 g/mol. The normalized spacial score (nSPS) is 15.7. The number of ether oxygens (including phenoxy) is 2. The standard InChI is InChI=1S/C26H20N2O2/c1-3-7-19-17(5-1)9-11-21(23(19)25-27-13-15-29-25)22-12-10-18-6-2-4-8-20(18)24(22)26-28-14-16-30-26/h1-12H,13-16H2. The van der Waals surface area contributed by atoms with E-state index in [1.165, 1.54) is 10.8 Å². The van der Waals surface area contributed by atoms with E-state index in [2.05, 4.69) is 82.8 Å². The largest absolute Gasteiger partial charge is 0.475 e. The summed E-state index contributed by atoms with van der Waals surface area (Å²) in [5.74, 6) is 1.44. The first-order chi connectivity index (χ1) is 14.9. The van der Waals surface area contributed by atoms with Crippen molar-refractivity contribution in [2.75, 3.05) is 26.3 Å². The summed E-state index contributed by atoms with van der Waals surface area (Å²) in [6.07, 6.45) is 0. The molecule has 0 amide bonds. The van der Waals surface area contributed by atoms with Crippen LogP contribution in [0.25, 0.3) is 32.7 Å². The molecule has 0 fully saturated rings. The Bertz CT molecular complexity index is 1250. The number of nitrogens with zero attached hydrogens (tertiary/aromatic N) is 2. The summed E-state index contributed by atoms with van der Waals surface area (Å²) in [6, 6.07) is 25.5. The summed E-state index contributed by atoms with van der Waals surface area (Å²) in [7, 11) is 0. The highest BCUT2D eigenvalue weighted by atomic mass is 16.5. The van der Waals surface area contributed by atoms with Gasteiger partial charge >= 0.3 is 0 Å². The number of hydrogen-bond donors (Lipinski definition) is 0. The maximum absolute atomic E-state index is 5.95. The van der Waals surface area contributed by atoms with Crippen molar-refractivity contribution in [2.45, 2.75) is 0 Å². The van der Waals surface area contributed by atoms with Crippen molar-refractivity contribution in [3.05, 3.63) is 83.9 Å². The molecule has 0 saturated heterocycles. The Kier molecular flexibility index (Phi) is 4.01. The molecule has 30 heavy (non-hydrogen) atoms. The van der Waals surface area contributed by atoms with E-state index >= 15 is 0 Å². The van der Waals surface area contributed by atoms with E-state index in [0.717, 1.165) is 44.8 Å². The van der Waals surface area contributed by atoms with Crippen molar-refractivity contribution >= 4 is 33.3 Å². The minimum Gasteiger partial charge on any atom is -0.475 e. The van der Waals surface area contributed by atoms with E-state index in [1.54, 1.807) is 0 Å². The van der Waals surface area contributed by atoms with E-state index in [-0.39, 0.29) is 0 Å². The smallest absolute Gasteiger partial charge is 0.217 e. The number of benzene rings is 4. The van der Waals surface area contributed by atoms with Gasteiger partial charge < -0.3 is 9.47 Å². The lowest BCUT2D eigenvalue weighted by Gasteiger charge is -2.18. The van der Waals surface area contributed by atoms with Gasteiger partial charge in [0.1, 0.15) is 13.2 Å². The molecular formula is C26H20N2O2. The Labute approximate surface area is 174 Å². The maximum Gasteiger partial charge on any atom is 0.217 e. The van der Waals surface area contributed by atoms with Crippen LogP contribution in [-0.2, 0) is 9.47 Å². The van der Waals surface area contributed by atoms with E-state index in [1.807, 2.05) is 0 Å². The molecule has 0 unspecified atom stereocenters. The van der Waals surface area contributed by atoms with Crippen molar-refractivity contribution in [3.8, 4) is 11.1 Å². The maximum atomic E-state index is 5.95. The van der Waals surface area contributed by atoms with Gasteiger partial charge in [-0.25, -0.2) is 9.98 Å². The fourth-order valence-electron chi connectivity index (χ4n) is 4.43. The molecule has 2 heterocycles. The molecule has 0 N–H and O–H groups in total. The molecule has 0 bridgehead atoms. The fourth-order valence-corrected chi connectivity index (χ4v) is 4.43. The zero-order valence-electron chi connectivity index (χ0n) is 16.5. The minimum absolute atomic E-state index is 0.623. The molecule has 2 aliphatic rings. The lowest BCUT2D eigenvalue weighted by atomic mass is 9.89. The van der Waals surface area contributed by atoms with Gasteiger partial charge in [-0.05, 0) is 32.7 Å². The van der Waals surface area contributed by atoms with E-state index in [0.29, 0.717) is 26.3 Å². The molecule has 4 aromatic rings. The second-order valence-corrected chi connectivity index (χ2v) is 7.49. The minimum atomic E-state index is 0.623. The van der Waals surface area contributed by atoms with E-state index in [4.69, 9.17) is 9.47 Å². The highest BCUT2D eigenvalue weighted by Crippen LogP contribution is 2.37. The number of hydrogen-bond acceptors (Lipinski definition) is 4. The third kappa shape index (κ3) is 2.68. The molecule has 0 saturated carbocycles. The van der Waals surface area contributed by atoms with Crippen LogP contribution in [0.3, 0.4) is 0 Å². The Balaban J connectivity index is 1.71. The van der Waals surface area contributed by atoms with Crippen LogP contribution in [0.15, 0.2) is 82.8 Å². The van der Waals surface area contributed by atoms with Gasteiger partial charge in [-0.3, -0.25) is 0 Å². The first-order valence-corrected chi connectivity index (χ1v) is 10.3. The average molecular weight is 392 g/mol. The average Bonchev–Trinajstić information content (AvgIpc) is 3.52. The van der Waals surface area contributed by atoms with Gasteiger partial charge in [-0.2, -0.15) is 0 Å². The fraction of sp³-hybridized carbons (Fsp3) is 0.154. The lowest BCUT2D eigenvalue weighted by Crippen LogP contribution is -2.09. The Hall–Kier alpha value is -3.66. The molecule has 2 aliphatic heterocycles. The van der Waals surface area contributed by atoms with Gasteiger partial charge in [-0.1, -0.05) is 72.8 Å². The summed E-state index contributed by atoms with van der Waals surface area (Å²) < 4.78 is 11.9. The number of fused-ring (bicyclic) bond motifs is 2. The van der Waals surface area contributed by atoms with Gasteiger partial charge in [0.2, 0.25) is 11.8 Å². The van der Waals surface area contributed by atoms with E-state index in [9.17, 15) is 0 Å². The second-order valence-electron chi connectivity index (χ2n) is 7.49. The molecule has 0 aromatic heterocycles. The zero-order valence-corrected chi connectivity index (χ0v) is 16.5. The molecule has 4 heteroatoms. The van der Waals surface area contributed by atoms with Crippen molar-refractivity contribution in [2.24, 2.45) is 9.98 Å². The zero-order chi connectivity index (χ0) is 19.9. The quantitative estimate of drug-likeness (QED) is 0.480. The van der Waals surface area contributed by atoms with Gasteiger partial charge in [-0.15, -0.1) is 0 Å². The Morgan fingerprint density at radius 2 is 1.00 bits per heavy atom. The number of aliphatic imine (C=N–C) groups is 2. The molecule has 0 atom stereocenters. The van der Waals surface area contributed by atoms with Crippen LogP contribution in [0, 0.1) is 0 Å². The van der Waals surface area contributed by atoms with Gasteiger partial charge in [0.05, 0.1) is 24.2 Å². The Morgan fingerprint density at radius 3 is 1.43 bits per heavy atom. The van der Waals surface area contributed by atoms with Crippen LogP contribution >= 0.6 is 0 Å². The summed E-state index contributed by atoms with van der Waals surface area (Å²) in [5.41, 5.74) is 4.27. The van der Waals surface area contributed by atoms with Crippen molar-refractivity contribution in [1.29, 1.82) is 0 Å². The summed E-state index contributed by atoms with van der Waals surface area (Å²) in [5, 5.41) is 4.63. The summed E-state index contributed by atoms with van der Waals surface area (Å²) in [6.45, 7) is 2.63. The van der Waals surface area contributed by atoms with Crippen molar-refractivity contribution < 1.29 is 9.47 Å². The molecule has 146 valence electrons. The number of rotatable bonds is 3. The van der Waals surface area contributed by atoms with Crippen molar-refractivity contribution in [3.63, 3.8) is 0 Å². The van der Waals surface area contributed by atoms with Crippen LogP contribution in [0.1, 0.15) is 11.1 Å². The van der Waals surface area contributed by atoms with Crippen LogP contribution in [0.5, 0.6) is 0 Å². The Morgan fingerprint density at radius 1 is 0.533 bits per heavy atom. The van der Waals surface area contributed by atoms with Gasteiger partial charge in [0.15, 0.2) is 0 Å². The first kappa shape index (κ1) is 17.2. The van der Waals surface area contributed by atoms with E-state index < -0.39 is 0 Å². The van der Waals surface area contributed by atoms with Crippen LogP contribution in [0.4, 0.5) is 0 Å². The summed E-state index contributed by atoms with van der Waals surface area (Å²) >= 11 is 0. The third-order valence-electron chi connectivity index (χ3n) is 5.75. The highest BCUT2D eigenvalue weighted by molar-refractivity contribution is 6.18. The molecule has 6 rings (SSSR count). The van der Waals surface area contributed by atoms with Gasteiger partial charge in [0.25, 0.3) is 0 Å². The van der Waals surface area contributed by atoms with Gasteiger partial charge in [0, 0.05) is 0 Å². The first-order valence-electron chi connectivity index (χ1n) is 10.3. The topological polar surface area (TPSA) is 43.2 Å². The summed E-state index contributed by atoms with van der Waals surface area (Å²) in [4.78, 5) is 9.33.